The minimum Gasteiger partial charge on any atom is -0.356 e. The molecule has 1 N–H and O–H groups in total. The predicted molar refractivity (Wildman–Crippen MR) is 282 cm³/mol. The second-order valence-corrected chi connectivity index (χ2v) is 24.3. The Morgan fingerprint density at radius 2 is 0.418 bits per heavy atom. The van der Waals surface area contributed by atoms with Crippen molar-refractivity contribution in [2.24, 2.45) is 0 Å². The Kier molecular flexibility index (Phi) is 7.10. The quantitative estimate of drug-likeness (QED) is 0.183. The fourth-order valence-electron chi connectivity index (χ4n) is 14.6. The van der Waals surface area contributed by atoms with Crippen molar-refractivity contribution in [1.29, 1.82) is 0 Å². The van der Waals surface area contributed by atoms with Gasteiger partial charge in [-0.1, -0.05) is 144 Å². The molecule has 6 aliphatic rings. The third-order valence-corrected chi connectivity index (χ3v) is 18.6. The molecule has 8 aromatic rings. The minimum atomic E-state index is -0.148. The Morgan fingerprint density at radius 1 is 0.209 bits per heavy atom. The smallest absolute Gasteiger partial charge is 0.0387 e. The molecule has 1 nitrogen and oxygen atoms in total. The summed E-state index contributed by atoms with van der Waals surface area (Å²) in [5.41, 5.74) is 35.7. The molecule has 14 rings (SSSR count). The molecule has 0 bridgehead atoms. The first kappa shape index (κ1) is 39.7. The second kappa shape index (κ2) is 12.0. The molecule has 0 heterocycles. The Hall–Kier alpha value is -6.44. The lowest BCUT2D eigenvalue weighted by molar-refractivity contribution is 0.649. The summed E-state index contributed by atoms with van der Waals surface area (Å²) in [7, 11) is 0. The highest BCUT2D eigenvalue weighted by Crippen LogP contribution is 2.62. The van der Waals surface area contributed by atoms with E-state index in [1.54, 1.807) is 0 Å². The molecular weight excluding hydrogens is 807 g/mol. The van der Waals surface area contributed by atoms with Crippen molar-refractivity contribution < 1.29 is 0 Å². The summed E-state index contributed by atoms with van der Waals surface area (Å²) in [6.45, 7) is 29.0. The van der Waals surface area contributed by atoms with Crippen LogP contribution in [0.25, 0.3) is 66.8 Å². The van der Waals surface area contributed by atoms with Crippen LogP contribution < -0.4 is 5.32 Å². The Morgan fingerprint density at radius 3 is 0.701 bits per heavy atom. The van der Waals surface area contributed by atoms with Gasteiger partial charge in [-0.25, -0.2) is 0 Å². The molecular formula is C66H59N. The van der Waals surface area contributed by atoms with Gasteiger partial charge in [-0.15, -0.1) is 0 Å². The van der Waals surface area contributed by atoms with Crippen molar-refractivity contribution in [3.8, 4) is 66.8 Å². The van der Waals surface area contributed by atoms with Gasteiger partial charge in [-0.05, 0) is 206 Å². The molecule has 0 spiro atoms. The van der Waals surface area contributed by atoms with E-state index in [1.807, 2.05) is 0 Å². The van der Waals surface area contributed by atoms with Crippen LogP contribution in [0.1, 0.15) is 150 Å². The van der Waals surface area contributed by atoms with Gasteiger partial charge >= 0.3 is 0 Å². The molecule has 0 amide bonds. The van der Waals surface area contributed by atoms with Gasteiger partial charge in [0.1, 0.15) is 0 Å². The van der Waals surface area contributed by atoms with E-state index in [9.17, 15) is 0 Å². The molecule has 67 heavy (non-hydrogen) atoms. The zero-order valence-corrected chi connectivity index (χ0v) is 41.2. The van der Waals surface area contributed by atoms with Crippen LogP contribution in [0.4, 0.5) is 11.4 Å². The van der Waals surface area contributed by atoms with E-state index >= 15 is 0 Å². The topological polar surface area (TPSA) is 12.0 Å². The van der Waals surface area contributed by atoms with Gasteiger partial charge < -0.3 is 5.32 Å². The summed E-state index contributed by atoms with van der Waals surface area (Å²) >= 11 is 0. The van der Waals surface area contributed by atoms with Crippen LogP contribution in [0.3, 0.4) is 0 Å². The average Bonchev–Trinajstić information content (AvgIpc) is 3.98. The van der Waals surface area contributed by atoms with Gasteiger partial charge in [0, 0.05) is 43.9 Å². The molecule has 328 valence electrons. The zero-order valence-electron chi connectivity index (χ0n) is 41.2. The standard InChI is InChI=1S/C66H59N/c1-61(2)49-19-15-13-17-37(49)41-27-57-45(31-53(41)61)47-33-55-43(29-59(47)65(57,9)10)39-23-21-35(25-51(39)63(55,5)6)67-36-22-24-40-44-30-60-48(34-56(44)64(7,8)52(40)26-36)46-32-54-42(28-58(46)66(60,11)12)38-18-14-16-20-50(38)62(54,3)4/h13-34,67H,1-12H3. The Balaban J connectivity index is 0.798. The molecule has 0 aliphatic heterocycles. The molecule has 0 fully saturated rings. The highest BCUT2D eigenvalue weighted by atomic mass is 14.9. The molecule has 8 aromatic carbocycles. The van der Waals surface area contributed by atoms with Crippen molar-refractivity contribution in [2.45, 2.75) is 116 Å². The van der Waals surface area contributed by atoms with Crippen LogP contribution in [-0.4, -0.2) is 0 Å². The lowest BCUT2D eigenvalue weighted by atomic mass is 9.78. The molecule has 0 aromatic heterocycles. The van der Waals surface area contributed by atoms with E-state index in [2.05, 4.69) is 222 Å². The summed E-state index contributed by atoms with van der Waals surface area (Å²) < 4.78 is 0. The van der Waals surface area contributed by atoms with Gasteiger partial charge in [0.05, 0.1) is 0 Å². The molecule has 6 aliphatic carbocycles. The summed E-state index contributed by atoms with van der Waals surface area (Å²) in [6, 6.07) is 52.7. The summed E-state index contributed by atoms with van der Waals surface area (Å²) in [6.07, 6.45) is 0. The highest BCUT2D eigenvalue weighted by molar-refractivity contribution is 5.96. The SMILES string of the molecule is CC1(C)c2ccccc2-c2cc3c(cc21)-c1cc2c(cc1C3(C)C)-c1ccc(Nc3ccc4c(c3)C(C)(C)c3cc5c(cc3-4)C(C)(C)c3cc4c(cc3-5)C(C)(C)c3ccccc3-4)cc1C2(C)C. The molecule has 0 saturated carbocycles. The van der Waals surface area contributed by atoms with Gasteiger partial charge in [0.15, 0.2) is 0 Å². The second-order valence-electron chi connectivity index (χ2n) is 24.3. The lowest BCUT2D eigenvalue weighted by Gasteiger charge is -2.25. The van der Waals surface area contributed by atoms with Crippen molar-refractivity contribution in [3.05, 3.63) is 200 Å². The van der Waals surface area contributed by atoms with Crippen molar-refractivity contribution in [3.63, 3.8) is 0 Å². The van der Waals surface area contributed by atoms with Crippen LogP contribution in [0.5, 0.6) is 0 Å². The first-order valence-corrected chi connectivity index (χ1v) is 24.7. The molecule has 0 saturated heterocycles. The summed E-state index contributed by atoms with van der Waals surface area (Å²) in [5.74, 6) is 0. The first-order chi connectivity index (χ1) is 31.7. The maximum atomic E-state index is 3.91. The van der Waals surface area contributed by atoms with Gasteiger partial charge in [-0.2, -0.15) is 0 Å². The minimum absolute atomic E-state index is 0.0290. The number of fused-ring (bicyclic) bond motifs is 18. The Labute approximate surface area is 397 Å². The average molecular weight is 866 g/mol. The largest absolute Gasteiger partial charge is 0.356 e. The number of nitrogens with one attached hydrogen (secondary N) is 1. The molecule has 0 atom stereocenters. The summed E-state index contributed by atoms with van der Waals surface area (Å²) in [5, 5.41) is 3.91. The molecule has 0 radical (unpaired) electrons. The number of anilines is 2. The highest BCUT2D eigenvalue weighted by Gasteiger charge is 2.47. The number of benzene rings is 8. The fourth-order valence-corrected chi connectivity index (χ4v) is 14.6. The molecule has 0 unspecified atom stereocenters. The van der Waals surface area contributed by atoms with E-state index in [-0.39, 0.29) is 32.5 Å². The van der Waals surface area contributed by atoms with Crippen LogP contribution in [0.2, 0.25) is 0 Å². The normalized spacial score (nSPS) is 18.9. The molecule has 1 heteroatoms. The van der Waals surface area contributed by atoms with Crippen molar-refractivity contribution in [1.82, 2.24) is 0 Å². The predicted octanol–water partition coefficient (Wildman–Crippen LogP) is 17.3. The van der Waals surface area contributed by atoms with Crippen LogP contribution >= 0.6 is 0 Å². The maximum absolute atomic E-state index is 3.91. The van der Waals surface area contributed by atoms with Gasteiger partial charge in [-0.3, -0.25) is 0 Å². The monoisotopic (exact) mass is 865 g/mol. The van der Waals surface area contributed by atoms with E-state index in [0.717, 1.165) is 11.4 Å². The van der Waals surface area contributed by atoms with Crippen LogP contribution in [0.15, 0.2) is 133 Å². The first-order valence-electron chi connectivity index (χ1n) is 24.7. The van der Waals surface area contributed by atoms with Crippen molar-refractivity contribution in [2.75, 3.05) is 5.32 Å². The maximum Gasteiger partial charge on any atom is 0.0387 e. The van der Waals surface area contributed by atoms with E-state index in [1.165, 1.54) is 134 Å². The van der Waals surface area contributed by atoms with E-state index < -0.39 is 0 Å². The Bertz CT molecular complexity index is 3410. The number of hydrogen-bond donors (Lipinski definition) is 1. The summed E-state index contributed by atoms with van der Waals surface area (Å²) in [4.78, 5) is 0. The van der Waals surface area contributed by atoms with Gasteiger partial charge in [0.2, 0.25) is 0 Å². The van der Waals surface area contributed by atoms with Gasteiger partial charge in [0.25, 0.3) is 0 Å². The third kappa shape index (κ3) is 4.67. The zero-order chi connectivity index (χ0) is 46.3. The van der Waals surface area contributed by atoms with E-state index in [4.69, 9.17) is 0 Å². The van der Waals surface area contributed by atoms with Crippen LogP contribution in [-0.2, 0) is 32.5 Å². The lowest BCUT2D eigenvalue weighted by Crippen LogP contribution is -2.17. The van der Waals surface area contributed by atoms with E-state index in [0.29, 0.717) is 0 Å². The van der Waals surface area contributed by atoms with Crippen LogP contribution in [0, 0.1) is 0 Å². The number of hydrogen-bond acceptors (Lipinski definition) is 1. The number of rotatable bonds is 2. The fraction of sp³-hybridized carbons (Fsp3) is 0.273. The van der Waals surface area contributed by atoms with Crippen molar-refractivity contribution >= 4 is 11.4 Å². The third-order valence-electron chi connectivity index (χ3n) is 18.6.